The zero-order valence-corrected chi connectivity index (χ0v) is 12.3. The van der Waals surface area contributed by atoms with Crippen molar-refractivity contribution in [2.75, 3.05) is 0 Å². The van der Waals surface area contributed by atoms with Gasteiger partial charge in [0.1, 0.15) is 5.75 Å². The molecule has 0 fully saturated rings. The number of fused-ring (bicyclic) bond motifs is 1. The predicted octanol–water partition coefficient (Wildman–Crippen LogP) is 4.33. The smallest absolute Gasteiger partial charge is 0.115 e. The van der Waals surface area contributed by atoms with E-state index in [0.29, 0.717) is 17.8 Å². The van der Waals surface area contributed by atoms with Crippen LogP contribution < -0.4 is 5.32 Å². The zero-order valence-electron chi connectivity index (χ0n) is 12.3. The van der Waals surface area contributed by atoms with Gasteiger partial charge in [0, 0.05) is 12.1 Å². The second kappa shape index (κ2) is 6.95. The summed E-state index contributed by atoms with van der Waals surface area (Å²) < 4.78 is 0. The summed E-state index contributed by atoms with van der Waals surface area (Å²) >= 11 is 0. The molecule has 1 aromatic rings. The van der Waals surface area contributed by atoms with Gasteiger partial charge in [-0.1, -0.05) is 39.2 Å². The third kappa shape index (κ3) is 3.73. The van der Waals surface area contributed by atoms with Crippen molar-refractivity contribution in [3.8, 4) is 5.75 Å². The Morgan fingerprint density at radius 3 is 2.84 bits per heavy atom. The first-order valence-electron chi connectivity index (χ1n) is 7.82. The van der Waals surface area contributed by atoms with Gasteiger partial charge in [-0.15, -0.1) is 0 Å². The van der Waals surface area contributed by atoms with Gasteiger partial charge in [0.15, 0.2) is 0 Å². The number of nitrogens with one attached hydrogen (secondary N) is 1. The first-order chi connectivity index (χ1) is 9.24. The van der Waals surface area contributed by atoms with E-state index < -0.39 is 0 Å². The molecule has 0 aromatic heterocycles. The minimum absolute atomic E-state index is 0.399. The second-order valence-corrected chi connectivity index (χ2v) is 5.77. The van der Waals surface area contributed by atoms with Gasteiger partial charge >= 0.3 is 0 Å². The minimum atomic E-state index is 0.399. The third-order valence-electron chi connectivity index (χ3n) is 4.18. The third-order valence-corrected chi connectivity index (χ3v) is 4.18. The lowest BCUT2D eigenvalue weighted by molar-refractivity contribution is 0.381. The highest BCUT2D eigenvalue weighted by molar-refractivity contribution is 5.40. The van der Waals surface area contributed by atoms with Crippen LogP contribution in [-0.2, 0) is 6.42 Å². The summed E-state index contributed by atoms with van der Waals surface area (Å²) in [5, 5.41) is 13.4. The SMILES string of the molecule is CCCCC(CCC)NC1CCc2cc(O)ccc21. The average molecular weight is 261 g/mol. The number of hydrogen-bond acceptors (Lipinski definition) is 2. The van der Waals surface area contributed by atoms with Crippen LogP contribution in [0.4, 0.5) is 0 Å². The van der Waals surface area contributed by atoms with E-state index in [1.807, 2.05) is 12.1 Å². The number of hydrogen-bond donors (Lipinski definition) is 2. The number of rotatable bonds is 7. The van der Waals surface area contributed by atoms with Gasteiger partial charge in [-0.25, -0.2) is 0 Å². The Morgan fingerprint density at radius 2 is 2.11 bits per heavy atom. The topological polar surface area (TPSA) is 32.3 Å². The Kier molecular flexibility index (Phi) is 5.26. The molecular weight excluding hydrogens is 234 g/mol. The fourth-order valence-electron chi connectivity index (χ4n) is 3.17. The van der Waals surface area contributed by atoms with E-state index in [9.17, 15) is 5.11 Å². The largest absolute Gasteiger partial charge is 0.508 e. The van der Waals surface area contributed by atoms with Gasteiger partial charge in [-0.2, -0.15) is 0 Å². The maximum atomic E-state index is 9.54. The van der Waals surface area contributed by atoms with Crippen LogP contribution in [0.25, 0.3) is 0 Å². The van der Waals surface area contributed by atoms with Gasteiger partial charge < -0.3 is 10.4 Å². The van der Waals surface area contributed by atoms with Crippen LogP contribution in [0, 0.1) is 0 Å². The van der Waals surface area contributed by atoms with Crippen LogP contribution in [0.2, 0.25) is 0 Å². The van der Waals surface area contributed by atoms with Gasteiger partial charge in [0.25, 0.3) is 0 Å². The molecule has 0 radical (unpaired) electrons. The Balaban J connectivity index is 1.99. The minimum Gasteiger partial charge on any atom is -0.508 e. The first kappa shape index (κ1) is 14.4. The Hall–Kier alpha value is -1.02. The number of aryl methyl sites for hydroxylation is 1. The second-order valence-electron chi connectivity index (χ2n) is 5.77. The van der Waals surface area contributed by atoms with Crippen molar-refractivity contribution in [2.24, 2.45) is 0 Å². The molecule has 19 heavy (non-hydrogen) atoms. The van der Waals surface area contributed by atoms with Crippen molar-refractivity contribution >= 4 is 0 Å². The summed E-state index contributed by atoms with van der Waals surface area (Å²) in [6.45, 7) is 4.53. The molecule has 1 aromatic carbocycles. The van der Waals surface area contributed by atoms with E-state index in [1.54, 1.807) is 0 Å². The van der Waals surface area contributed by atoms with Crippen molar-refractivity contribution in [3.63, 3.8) is 0 Å². The molecule has 2 heteroatoms. The molecule has 0 bridgehead atoms. The molecule has 0 aliphatic heterocycles. The standard InChI is InChI=1S/C17H27NO/c1-3-5-7-14(6-4-2)18-17-11-8-13-12-15(19)9-10-16(13)17/h9-10,12,14,17-19H,3-8,11H2,1-2H3. The van der Waals surface area contributed by atoms with Crippen LogP contribution >= 0.6 is 0 Å². The fourth-order valence-corrected chi connectivity index (χ4v) is 3.17. The summed E-state index contributed by atoms with van der Waals surface area (Å²) in [5.74, 6) is 0.399. The van der Waals surface area contributed by atoms with Gasteiger partial charge in [-0.3, -0.25) is 0 Å². The molecule has 0 amide bonds. The average Bonchev–Trinajstić information content (AvgIpc) is 2.78. The molecule has 0 saturated heterocycles. The Morgan fingerprint density at radius 1 is 1.26 bits per heavy atom. The van der Waals surface area contributed by atoms with Gasteiger partial charge in [0.2, 0.25) is 0 Å². The van der Waals surface area contributed by atoms with E-state index in [-0.39, 0.29) is 0 Å². The molecule has 0 spiro atoms. The molecule has 106 valence electrons. The number of aromatic hydroxyl groups is 1. The molecule has 2 atom stereocenters. The van der Waals surface area contributed by atoms with Crippen LogP contribution in [-0.4, -0.2) is 11.1 Å². The van der Waals surface area contributed by atoms with Crippen LogP contribution in [0.15, 0.2) is 18.2 Å². The van der Waals surface area contributed by atoms with E-state index in [4.69, 9.17) is 0 Å². The van der Waals surface area contributed by atoms with Gasteiger partial charge in [0.05, 0.1) is 0 Å². The maximum absolute atomic E-state index is 9.54. The summed E-state index contributed by atoms with van der Waals surface area (Å²) in [6, 6.07) is 6.98. The van der Waals surface area contributed by atoms with Crippen molar-refractivity contribution in [3.05, 3.63) is 29.3 Å². The number of phenols is 1. The van der Waals surface area contributed by atoms with E-state index in [0.717, 1.165) is 6.42 Å². The predicted molar refractivity (Wildman–Crippen MR) is 80.5 cm³/mol. The highest BCUT2D eigenvalue weighted by Gasteiger charge is 2.24. The summed E-state index contributed by atoms with van der Waals surface area (Å²) in [5.41, 5.74) is 2.72. The van der Waals surface area contributed by atoms with Crippen LogP contribution in [0.1, 0.15) is 69.5 Å². The fraction of sp³-hybridized carbons (Fsp3) is 0.647. The van der Waals surface area contributed by atoms with Crippen molar-refractivity contribution in [2.45, 2.75) is 70.9 Å². The molecule has 1 aliphatic rings. The number of phenolic OH excluding ortho intramolecular Hbond substituents is 1. The van der Waals surface area contributed by atoms with Crippen LogP contribution in [0.3, 0.4) is 0 Å². The maximum Gasteiger partial charge on any atom is 0.115 e. The number of benzene rings is 1. The quantitative estimate of drug-likeness (QED) is 0.765. The molecule has 2 nitrogen and oxygen atoms in total. The molecular formula is C17H27NO. The number of unbranched alkanes of at least 4 members (excludes halogenated alkanes) is 1. The van der Waals surface area contributed by atoms with Crippen molar-refractivity contribution < 1.29 is 5.11 Å². The lowest BCUT2D eigenvalue weighted by Crippen LogP contribution is -2.31. The lowest BCUT2D eigenvalue weighted by atomic mass is 10.0. The van der Waals surface area contributed by atoms with E-state index in [2.05, 4.69) is 25.2 Å². The monoisotopic (exact) mass is 261 g/mol. The highest BCUT2D eigenvalue weighted by atomic mass is 16.3. The summed E-state index contributed by atoms with van der Waals surface area (Å²) in [4.78, 5) is 0. The molecule has 0 heterocycles. The molecule has 2 N–H and O–H groups in total. The highest BCUT2D eigenvalue weighted by Crippen LogP contribution is 2.34. The van der Waals surface area contributed by atoms with Gasteiger partial charge in [-0.05, 0) is 48.9 Å². The normalized spacial score (nSPS) is 19.4. The van der Waals surface area contributed by atoms with E-state index in [1.165, 1.54) is 49.7 Å². The molecule has 2 rings (SSSR count). The summed E-state index contributed by atoms with van der Waals surface area (Å²) in [7, 11) is 0. The molecule has 2 unspecified atom stereocenters. The lowest BCUT2D eigenvalue weighted by Gasteiger charge is -2.23. The Labute approximate surface area is 117 Å². The summed E-state index contributed by atoms with van der Waals surface area (Å²) in [6.07, 6.45) is 8.65. The first-order valence-corrected chi connectivity index (χ1v) is 7.82. The van der Waals surface area contributed by atoms with E-state index >= 15 is 0 Å². The zero-order chi connectivity index (χ0) is 13.7. The molecule has 0 saturated carbocycles. The van der Waals surface area contributed by atoms with Crippen LogP contribution in [0.5, 0.6) is 5.75 Å². The van der Waals surface area contributed by atoms with Crippen molar-refractivity contribution in [1.82, 2.24) is 5.32 Å². The van der Waals surface area contributed by atoms with Crippen molar-refractivity contribution in [1.29, 1.82) is 0 Å². The molecule has 1 aliphatic carbocycles. The Bertz CT molecular complexity index is 402.